The van der Waals surface area contributed by atoms with E-state index in [2.05, 4.69) is 5.16 Å². The van der Waals surface area contributed by atoms with Gasteiger partial charge in [0, 0.05) is 18.1 Å². The number of hydrogen-bond acceptors (Lipinski definition) is 6. The van der Waals surface area contributed by atoms with Gasteiger partial charge in [-0.1, -0.05) is 18.2 Å². The van der Waals surface area contributed by atoms with E-state index in [1.54, 1.807) is 24.3 Å². The summed E-state index contributed by atoms with van der Waals surface area (Å²) in [5.41, 5.74) is 2.68. The van der Waals surface area contributed by atoms with Crippen LogP contribution in [0.25, 0.3) is 22.1 Å². The number of halogens is 2. The van der Waals surface area contributed by atoms with Crippen LogP contribution < -0.4 is 14.2 Å². The number of methoxy groups -OCH3 is 1. The van der Waals surface area contributed by atoms with Crippen molar-refractivity contribution in [3.8, 4) is 28.5 Å². The molecule has 1 aliphatic rings. The third-order valence-electron chi connectivity index (χ3n) is 5.70. The van der Waals surface area contributed by atoms with Gasteiger partial charge in [0.25, 0.3) is 5.88 Å². The molecule has 0 spiro atoms. The van der Waals surface area contributed by atoms with E-state index in [1.165, 1.54) is 7.11 Å². The second kappa shape index (κ2) is 9.69. The maximum Gasteiger partial charge on any atom is 0.264 e. The normalized spacial score (nSPS) is 15.9. The monoisotopic (exact) mass is 467 g/mol. The molecule has 1 saturated heterocycles. The van der Waals surface area contributed by atoms with Crippen molar-refractivity contribution in [2.75, 3.05) is 13.7 Å². The fraction of sp³-hybridized carbons (Fsp3) is 0.269. The molecule has 4 aromatic rings. The minimum Gasteiger partial charge on any atom is -0.496 e. The Kier molecular flexibility index (Phi) is 6.31. The topological polar surface area (TPSA) is 63.0 Å². The zero-order valence-corrected chi connectivity index (χ0v) is 18.6. The smallest absolute Gasteiger partial charge is 0.264 e. The Labute approximate surface area is 195 Å². The first-order valence-electron chi connectivity index (χ1n) is 11.0. The highest BCUT2D eigenvalue weighted by Crippen LogP contribution is 2.33. The maximum absolute atomic E-state index is 13.7. The summed E-state index contributed by atoms with van der Waals surface area (Å²) < 4.78 is 55.2. The standard InChI is InChI=1S/C26H23F2NO5/c1-30-24-14-22(28)21(27)13-19(24)17-6-8-18(9-7-17)32-15-16-5-10-23-20(12-16)26(29-34-23)33-25-4-2-3-11-31-25/h5-10,12-14,25H,2-4,11,15H2,1H3. The molecule has 5 rings (SSSR count). The van der Waals surface area contributed by atoms with E-state index >= 15 is 0 Å². The van der Waals surface area contributed by atoms with Crippen molar-refractivity contribution in [3.05, 3.63) is 71.8 Å². The minimum absolute atomic E-state index is 0.256. The summed E-state index contributed by atoms with van der Waals surface area (Å²) in [5.74, 6) is -0.591. The lowest BCUT2D eigenvalue weighted by molar-refractivity contribution is -0.108. The van der Waals surface area contributed by atoms with E-state index in [1.807, 2.05) is 18.2 Å². The van der Waals surface area contributed by atoms with Gasteiger partial charge in [0.05, 0.1) is 19.1 Å². The molecule has 1 aromatic heterocycles. The summed E-state index contributed by atoms with van der Waals surface area (Å²) in [6, 6.07) is 14.9. The summed E-state index contributed by atoms with van der Waals surface area (Å²) in [5, 5.41) is 4.79. The van der Waals surface area contributed by atoms with Crippen molar-refractivity contribution < 1.29 is 32.3 Å². The largest absolute Gasteiger partial charge is 0.496 e. The Bertz CT molecular complexity index is 1280. The lowest BCUT2D eigenvalue weighted by Gasteiger charge is -2.22. The summed E-state index contributed by atoms with van der Waals surface area (Å²) in [6.07, 6.45) is 2.61. The van der Waals surface area contributed by atoms with Crippen LogP contribution in [0.1, 0.15) is 24.8 Å². The molecule has 1 atom stereocenters. The van der Waals surface area contributed by atoms with Gasteiger partial charge in [0.1, 0.15) is 18.1 Å². The summed E-state index contributed by atoms with van der Waals surface area (Å²) >= 11 is 0. The van der Waals surface area contributed by atoms with Gasteiger partial charge in [-0.15, -0.1) is 0 Å². The van der Waals surface area contributed by atoms with Gasteiger partial charge in [-0.2, -0.15) is 0 Å². The van der Waals surface area contributed by atoms with Crippen LogP contribution in [0.15, 0.2) is 59.1 Å². The Morgan fingerprint density at radius 1 is 1.00 bits per heavy atom. The van der Waals surface area contributed by atoms with Crippen LogP contribution in [0.3, 0.4) is 0 Å². The maximum atomic E-state index is 13.7. The van der Waals surface area contributed by atoms with E-state index in [0.29, 0.717) is 41.6 Å². The average molecular weight is 467 g/mol. The highest BCUT2D eigenvalue weighted by Gasteiger charge is 2.19. The number of hydrogen-bond donors (Lipinski definition) is 0. The second-order valence-corrected chi connectivity index (χ2v) is 8.01. The van der Waals surface area contributed by atoms with Gasteiger partial charge in [-0.3, -0.25) is 0 Å². The third kappa shape index (κ3) is 4.68. The summed E-state index contributed by atoms with van der Waals surface area (Å²) in [4.78, 5) is 0. The number of benzene rings is 3. The lowest BCUT2D eigenvalue weighted by Crippen LogP contribution is -2.25. The number of ether oxygens (including phenoxy) is 4. The summed E-state index contributed by atoms with van der Waals surface area (Å²) in [7, 11) is 1.42. The molecular formula is C26H23F2NO5. The SMILES string of the molecule is COc1cc(F)c(F)cc1-c1ccc(OCc2ccc3onc(OC4CCCCO4)c3c2)cc1. The molecule has 0 radical (unpaired) electrons. The van der Waals surface area contributed by atoms with Crippen LogP contribution in [0.5, 0.6) is 17.4 Å². The van der Waals surface area contributed by atoms with Crippen LogP contribution in [-0.2, 0) is 11.3 Å². The zero-order valence-electron chi connectivity index (χ0n) is 18.6. The average Bonchev–Trinajstić information content (AvgIpc) is 3.27. The van der Waals surface area contributed by atoms with Crippen molar-refractivity contribution in [1.82, 2.24) is 5.16 Å². The molecule has 6 nitrogen and oxygen atoms in total. The molecule has 8 heteroatoms. The molecule has 1 aliphatic heterocycles. The molecule has 0 amide bonds. The fourth-order valence-electron chi connectivity index (χ4n) is 3.89. The molecule has 34 heavy (non-hydrogen) atoms. The van der Waals surface area contributed by atoms with E-state index < -0.39 is 11.6 Å². The molecule has 0 aliphatic carbocycles. The van der Waals surface area contributed by atoms with Crippen molar-refractivity contribution >= 4 is 11.0 Å². The van der Waals surface area contributed by atoms with Crippen LogP contribution in [0.4, 0.5) is 8.78 Å². The number of rotatable bonds is 7. The van der Waals surface area contributed by atoms with Crippen molar-refractivity contribution in [3.63, 3.8) is 0 Å². The van der Waals surface area contributed by atoms with Crippen LogP contribution >= 0.6 is 0 Å². The van der Waals surface area contributed by atoms with Crippen molar-refractivity contribution in [2.45, 2.75) is 32.2 Å². The first kappa shape index (κ1) is 22.2. The van der Waals surface area contributed by atoms with E-state index in [9.17, 15) is 8.78 Å². The van der Waals surface area contributed by atoms with Gasteiger partial charge in [-0.25, -0.2) is 8.78 Å². The molecule has 2 heterocycles. The van der Waals surface area contributed by atoms with E-state index in [-0.39, 0.29) is 12.0 Å². The van der Waals surface area contributed by atoms with Gasteiger partial charge in [-0.05, 0) is 59.5 Å². The van der Waals surface area contributed by atoms with Gasteiger partial charge in [0.15, 0.2) is 17.2 Å². The molecular weight excluding hydrogens is 444 g/mol. The second-order valence-electron chi connectivity index (χ2n) is 8.01. The van der Waals surface area contributed by atoms with Gasteiger partial charge >= 0.3 is 0 Å². The lowest BCUT2D eigenvalue weighted by atomic mass is 10.0. The van der Waals surface area contributed by atoms with Crippen LogP contribution in [-0.4, -0.2) is 25.2 Å². The highest BCUT2D eigenvalue weighted by molar-refractivity contribution is 5.82. The first-order chi connectivity index (χ1) is 16.6. The molecule has 1 fully saturated rings. The van der Waals surface area contributed by atoms with Crippen molar-refractivity contribution in [2.24, 2.45) is 0 Å². The molecule has 1 unspecified atom stereocenters. The van der Waals surface area contributed by atoms with Crippen LogP contribution in [0, 0.1) is 11.6 Å². The predicted octanol–water partition coefficient (Wildman–Crippen LogP) is 6.27. The Morgan fingerprint density at radius 2 is 1.82 bits per heavy atom. The molecule has 176 valence electrons. The fourth-order valence-corrected chi connectivity index (χ4v) is 3.89. The Morgan fingerprint density at radius 3 is 2.59 bits per heavy atom. The summed E-state index contributed by atoms with van der Waals surface area (Å²) in [6.45, 7) is 0.996. The van der Waals surface area contributed by atoms with Gasteiger partial charge in [0.2, 0.25) is 6.29 Å². The number of aromatic nitrogens is 1. The van der Waals surface area contributed by atoms with Gasteiger partial charge < -0.3 is 23.5 Å². The third-order valence-corrected chi connectivity index (χ3v) is 5.70. The first-order valence-corrected chi connectivity index (χ1v) is 11.0. The quantitative estimate of drug-likeness (QED) is 0.319. The molecule has 3 aromatic carbocycles. The van der Waals surface area contributed by atoms with Crippen molar-refractivity contribution in [1.29, 1.82) is 0 Å². The minimum atomic E-state index is -0.954. The van der Waals surface area contributed by atoms with E-state index in [4.69, 9.17) is 23.5 Å². The highest BCUT2D eigenvalue weighted by atomic mass is 19.2. The van der Waals surface area contributed by atoms with E-state index in [0.717, 1.165) is 42.3 Å². The van der Waals surface area contributed by atoms with Crippen LogP contribution in [0.2, 0.25) is 0 Å². The number of fused-ring (bicyclic) bond motifs is 1. The molecule has 0 N–H and O–H groups in total. The Hall–Kier alpha value is -3.65. The molecule has 0 saturated carbocycles. The number of nitrogens with zero attached hydrogens (tertiary/aromatic N) is 1. The zero-order chi connectivity index (χ0) is 23.5. The predicted molar refractivity (Wildman–Crippen MR) is 121 cm³/mol. The Balaban J connectivity index is 1.28. The molecule has 0 bridgehead atoms.